The first-order chi connectivity index (χ1) is 14.9. The van der Waals surface area contributed by atoms with Gasteiger partial charge in [0.2, 0.25) is 0 Å². The normalized spacial score (nSPS) is 23.4. The first-order valence-electron chi connectivity index (χ1n) is 10.3. The van der Waals surface area contributed by atoms with Crippen molar-refractivity contribution in [2.75, 3.05) is 29.9 Å². The first-order valence-corrected chi connectivity index (χ1v) is 11.0. The summed E-state index contributed by atoms with van der Waals surface area (Å²) in [4.78, 5) is 29.8. The van der Waals surface area contributed by atoms with Crippen molar-refractivity contribution in [1.82, 2.24) is 10.2 Å². The Morgan fingerprint density at radius 1 is 1.26 bits per heavy atom. The third kappa shape index (κ3) is 3.87. The number of urea groups is 1. The summed E-state index contributed by atoms with van der Waals surface area (Å²) in [5.74, 6) is -0.677. The second-order valence-electron chi connectivity index (χ2n) is 7.72. The lowest BCUT2D eigenvalue weighted by Gasteiger charge is -2.43. The van der Waals surface area contributed by atoms with E-state index >= 15 is 0 Å². The molecular weight excluding hydrogens is 439 g/mol. The molecule has 9 heteroatoms. The van der Waals surface area contributed by atoms with Gasteiger partial charge in [0, 0.05) is 18.2 Å². The van der Waals surface area contributed by atoms with Crippen LogP contribution < -0.4 is 15.5 Å². The van der Waals surface area contributed by atoms with Gasteiger partial charge in [-0.05, 0) is 50.2 Å². The molecule has 2 aromatic carbocycles. The Hall–Kier alpha value is -2.32. The first kappa shape index (κ1) is 21.9. The maximum atomic E-state index is 13.5. The topological polar surface area (TPSA) is 84.9 Å². The van der Waals surface area contributed by atoms with Crippen LogP contribution in [0.15, 0.2) is 42.5 Å². The number of halogens is 2. The van der Waals surface area contributed by atoms with Gasteiger partial charge >= 0.3 is 6.03 Å². The average molecular weight is 463 g/mol. The molecule has 31 heavy (non-hydrogen) atoms. The highest BCUT2D eigenvalue weighted by molar-refractivity contribution is 6.42. The van der Waals surface area contributed by atoms with Gasteiger partial charge in [-0.15, -0.1) is 0 Å². The summed E-state index contributed by atoms with van der Waals surface area (Å²) in [6, 6.07) is 10.8. The number of benzene rings is 2. The predicted molar refractivity (Wildman–Crippen MR) is 122 cm³/mol. The van der Waals surface area contributed by atoms with E-state index in [1.165, 1.54) is 18.2 Å². The zero-order chi connectivity index (χ0) is 22.2. The molecule has 1 saturated heterocycles. The number of para-hydroxylation sites is 1. The number of amides is 3. The molecule has 1 fully saturated rings. The SMILES string of the molecule is CCN1CCCC1CNC(=O)C1(O)c2ccccc2NC(=O)N1c1ccc(Cl)c(Cl)c1. The summed E-state index contributed by atoms with van der Waals surface area (Å²) in [6.45, 7) is 4.35. The molecule has 2 heterocycles. The van der Waals surface area contributed by atoms with Crippen LogP contribution in [0.5, 0.6) is 0 Å². The molecule has 0 radical (unpaired) electrons. The van der Waals surface area contributed by atoms with Crippen LogP contribution in [0.25, 0.3) is 0 Å². The van der Waals surface area contributed by atoms with Crippen molar-refractivity contribution in [2.24, 2.45) is 0 Å². The van der Waals surface area contributed by atoms with Crippen LogP contribution in [-0.2, 0) is 10.5 Å². The molecule has 2 aliphatic heterocycles. The fraction of sp³-hybridized carbons (Fsp3) is 0.364. The molecule has 2 unspecified atom stereocenters. The van der Waals surface area contributed by atoms with E-state index in [1.807, 2.05) is 0 Å². The molecule has 0 aliphatic carbocycles. The molecule has 164 valence electrons. The summed E-state index contributed by atoms with van der Waals surface area (Å²) in [6.07, 6.45) is 2.04. The summed E-state index contributed by atoms with van der Waals surface area (Å²) in [7, 11) is 0. The van der Waals surface area contributed by atoms with Crippen LogP contribution in [0, 0.1) is 0 Å². The number of anilines is 2. The van der Waals surface area contributed by atoms with E-state index in [0.29, 0.717) is 17.3 Å². The van der Waals surface area contributed by atoms with Crippen LogP contribution in [-0.4, -0.2) is 47.6 Å². The van der Waals surface area contributed by atoms with E-state index in [4.69, 9.17) is 23.2 Å². The minimum absolute atomic E-state index is 0.198. The number of carbonyl (C=O) groups excluding carboxylic acids is 2. The van der Waals surface area contributed by atoms with Crippen molar-refractivity contribution >= 4 is 46.5 Å². The number of aliphatic hydroxyl groups is 1. The van der Waals surface area contributed by atoms with Crippen molar-refractivity contribution in [2.45, 2.75) is 31.5 Å². The molecule has 3 amide bonds. The Labute approximate surface area is 190 Å². The summed E-state index contributed by atoms with van der Waals surface area (Å²) in [5.41, 5.74) is -1.37. The molecular formula is C22H24Cl2N4O3. The van der Waals surface area contributed by atoms with Crippen molar-refractivity contribution in [3.05, 3.63) is 58.1 Å². The van der Waals surface area contributed by atoms with E-state index in [1.54, 1.807) is 24.3 Å². The highest BCUT2D eigenvalue weighted by Crippen LogP contribution is 2.41. The second-order valence-corrected chi connectivity index (χ2v) is 8.53. The van der Waals surface area contributed by atoms with Gasteiger partial charge < -0.3 is 15.7 Å². The quantitative estimate of drug-likeness (QED) is 0.630. The second kappa shape index (κ2) is 8.67. The average Bonchev–Trinajstić information content (AvgIpc) is 3.22. The number of likely N-dealkylation sites (N-methyl/N-ethyl adjacent to an activating group) is 1. The highest BCUT2D eigenvalue weighted by atomic mass is 35.5. The van der Waals surface area contributed by atoms with Gasteiger partial charge in [0.25, 0.3) is 11.6 Å². The number of hydrogen-bond donors (Lipinski definition) is 3. The van der Waals surface area contributed by atoms with E-state index in [9.17, 15) is 14.7 Å². The monoisotopic (exact) mass is 462 g/mol. The van der Waals surface area contributed by atoms with Crippen LogP contribution >= 0.6 is 23.2 Å². The Morgan fingerprint density at radius 2 is 2.03 bits per heavy atom. The third-order valence-corrected chi connectivity index (χ3v) is 6.69. The van der Waals surface area contributed by atoms with Crippen LogP contribution in [0.2, 0.25) is 10.0 Å². The molecule has 0 saturated carbocycles. The molecule has 2 atom stereocenters. The Morgan fingerprint density at radius 3 is 2.77 bits per heavy atom. The smallest absolute Gasteiger partial charge is 0.329 e. The predicted octanol–water partition coefficient (Wildman–Crippen LogP) is 3.79. The summed E-state index contributed by atoms with van der Waals surface area (Å²) in [5, 5.41) is 17.9. The van der Waals surface area contributed by atoms with E-state index in [2.05, 4.69) is 22.5 Å². The Balaban J connectivity index is 1.72. The number of nitrogens with one attached hydrogen (secondary N) is 2. The molecule has 0 bridgehead atoms. The van der Waals surface area contributed by atoms with Gasteiger partial charge in [0.1, 0.15) is 0 Å². The zero-order valence-corrected chi connectivity index (χ0v) is 18.6. The van der Waals surface area contributed by atoms with Crippen molar-refractivity contribution in [3.63, 3.8) is 0 Å². The van der Waals surface area contributed by atoms with E-state index < -0.39 is 17.7 Å². The van der Waals surface area contributed by atoms with E-state index in [-0.39, 0.29) is 22.3 Å². The van der Waals surface area contributed by atoms with Crippen molar-refractivity contribution in [3.8, 4) is 0 Å². The third-order valence-electron chi connectivity index (χ3n) is 5.95. The minimum atomic E-state index is -2.26. The summed E-state index contributed by atoms with van der Waals surface area (Å²) < 4.78 is 0. The minimum Gasteiger partial charge on any atom is -0.359 e. The van der Waals surface area contributed by atoms with Crippen LogP contribution in [0.1, 0.15) is 25.3 Å². The molecule has 4 rings (SSSR count). The maximum absolute atomic E-state index is 13.5. The fourth-order valence-corrected chi connectivity index (χ4v) is 4.66. The van der Waals surface area contributed by atoms with Crippen LogP contribution in [0.4, 0.5) is 16.2 Å². The standard InChI is InChI=1S/C22H24Cl2N4O3/c1-2-27-11-5-6-15(27)13-25-20(29)22(31)16-7-3-4-8-19(16)26-21(30)28(22)14-9-10-17(23)18(24)12-14/h3-4,7-10,12,15,31H,2,5-6,11,13H2,1H3,(H,25,29)(H,26,30). The number of carbonyl (C=O) groups is 2. The molecule has 7 nitrogen and oxygen atoms in total. The summed E-state index contributed by atoms with van der Waals surface area (Å²) >= 11 is 12.2. The Kier molecular flexibility index (Phi) is 6.12. The number of nitrogens with zero attached hydrogens (tertiary/aromatic N) is 2. The number of rotatable bonds is 5. The number of hydrogen-bond acceptors (Lipinski definition) is 4. The lowest BCUT2D eigenvalue weighted by atomic mass is 9.94. The fourth-order valence-electron chi connectivity index (χ4n) is 4.36. The number of likely N-dealkylation sites (tertiary alicyclic amines) is 1. The largest absolute Gasteiger partial charge is 0.359 e. The zero-order valence-electron chi connectivity index (χ0n) is 17.1. The lowest BCUT2D eigenvalue weighted by Crippen LogP contribution is -2.63. The Bertz CT molecular complexity index is 1020. The van der Waals surface area contributed by atoms with Crippen molar-refractivity contribution < 1.29 is 14.7 Å². The number of fused-ring (bicyclic) bond motifs is 1. The van der Waals surface area contributed by atoms with Gasteiger partial charge in [-0.1, -0.05) is 48.3 Å². The molecule has 2 aliphatic rings. The van der Waals surface area contributed by atoms with Gasteiger partial charge in [-0.25, -0.2) is 4.79 Å². The maximum Gasteiger partial charge on any atom is 0.329 e. The highest BCUT2D eigenvalue weighted by Gasteiger charge is 2.52. The molecule has 3 N–H and O–H groups in total. The van der Waals surface area contributed by atoms with Crippen molar-refractivity contribution in [1.29, 1.82) is 0 Å². The molecule has 0 aromatic heterocycles. The van der Waals surface area contributed by atoms with Gasteiger partial charge in [-0.3, -0.25) is 14.6 Å². The van der Waals surface area contributed by atoms with Gasteiger partial charge in [0.05, 0.1) is 21.4 Å². The van der Waals surface area contributed by atoms with E-state index in [0.717, 1.165) is 30.8 Å². The van der Waals surface area contributed by atoms with Crippen LogP contribution in [0.3, 0.4) is 0 Å². The molecule has 0 spiro atoms. The van der Waals surface area contributed by atoms with Gasteiger partial charge in [-0.2, -0.15) is 0 Å². The molecule has 2 aromatic rings. The van der Waals surface area contributed by atoms with Gasteiger partial charge in [0.15, 0.2) is 0 Å². The lowest BCUT2D eigenvalue weighted by molar-refractivity contribution is -0.140.